The summed E-state index contributed by atoms with van der Waals surface area (Å²) in [5.74, 6) is 0.514. The maximum Gasteiger partial charge on any atom is 0.251 e. The first-order valence-electron chi connectivity index (χ1n) is 11.0. The molecule has 1 amide bonds. The van der Waals surface area contributed by atoms with E-state index >= 15 is 0 Å². The van der Waals surface area contributed by atoms with Gasteiger partial charge in [0.15, 0.2) is 0 Å². The number of nitrogens with one attached hydrogen (secondary N) is 2. The average molecular weight is 434 g/mol. The smallest absolute Gasteiger partial charge is 0.251 e. The SMILES string of the molecule is COc1cc(C(=O)NC(C)c2cccc(CN3CCN(C)CC3)c2)ccc1-c1cn[nH]c1. The number of methoxy groups -OCH3 is 1. The van der Waals surface area contributed by atoms with E-state index in [1.807, 2.05) is 19.1 Å². The molecule has 1 aliphatic rings. The fourth-order valence-electron chi connectivity index (χ4n) is 4.06. The molecule has 168 valence electrons. The number of aromatic amines is 1. The van der Waals surface area contributed by atoms with Crippen LogP contribution in [0.3, 0.4) is 0 Å². The fraction of sp³-hybridized carbons (Fsp3) is 0.360. The second-order valence-corrected chi connectivity index (χ2v) is 8.42. The van der Waals surface area contributed by atoms with Crippen molar-refractivity contribution in [1.29, 1.82) is 0 Å². The Morgan fingerprint density at radius 1 is 1.19 bits per heavy atom. The molecule has 0 aliphatic carbocycles. The van der Waals surface area contributed by atoms with Gasteiger partial charge in [-0.1, -0.05) is 24.3 Å². The summed E-state index contributed by atoms with van der Waals surface area (Å²) < 4.78 is 5.51. The van der Waals surface area contributed by atoms with Crippen LogP contribution in [0, 0.1) is 0 Å². The minimum Gasteiger partial charge on any atom is -0.496 e. The lowest BCUT2D eigenvalue weighted by molar-refractivity contribution is 0.0939. The van der Waals surface area contributed by atoms with E-state index in [4.69, 9.17) is 4.74 Å². The molecule has 0 bridgehead atoms. The van der Waals surface area contributed by atoms with Gasteiger partial charge in [-0.15, -0.1) is 0 Å². The molecule has 0 saturated carbocycles. The molecule has 1 aromatic heterocycles. The summed E-state index contributed by atoms with van der Waals surface area (Å²) in [7, 11) is 3.78. The number of amides is 1. The molecule has 1 unspecified atom stereocenters. The van der Waals surface area contributed by atoms with Gasteiger partial charge in [0.2, 0.25) is 0 Å². The predicted octanol–water partition coefficient (Wildman–Crippen LogP) is 3.32. The number of carbonyl (C=O) groups is 1. The van der Waals surface area contributed by atoms with Crippen molar-refractivity contribution >= 4 is 5.91 Å². The van der Waals surface area contributed by atoms with Crippen LogP contribution < -0.4 is 10.1 Å². The fourth-order valence-corrected chi connectivity index (χ4v) is 4.06. The number of carbonyl (C=O) groups excluding carboxylic acids is 1. The van der Waals surface area contributed by atoms with Crippen molar-refractivity contribution < 1.29 is 9.53 Å². The highest BCUT2D eigenvalue weighted by molar-refractivity contribution is 5.95. The van der Waals surface area contributed by atoms with E-state index < -0.39 is 0 Å². The van der Waals surface area contributed by atoms with Gasteiger partial charge in [-0.25, -0.2) is 0 Å². The molecule has 2 N–H and O–H groups in total. The molecular weight excluding hydrogens is 402 g/mol. The van der Waals surface area contributed by atoms with Crippen LogP contribution in [0.25, 0.3) is 11.1 Å². The van der Waals surface area contributed by atoms with Crippen molar-refractivity contribution in [3.63, 3.8) is 0 Å². The van der Waals surface area contributed by atoms with Crippen molar-refractivity contribution in [2.75, 3.05) is 40.3 Å². The summed E-state index contributed by atoms with van der Waals surface area (Å²) in [4.78, 5) is 17.8. The Hall–Kier alpha value is -3.16. The number of hydrogen-bond acceptors (Lipinski definition) is 5. The van der Waals surface area contributed by atoms with Gasteiger partial charge < -0.3 is 15.0 Å². The molecule has 2 aromatic carbocycles. The normalized spacial score (nSPS) is 16.0. The van der Waals surface area contributed by atoms with Gasteiger partial charge in [-0.2, -0.15) is 5.10 Å². The van der Waals surface area contributed by atoms with Gasteiger partial charge in [0.05, 0.1) is 19.3 Å². The Kier molecular flexibility index (Phi) is 6.87. The summed E-state index contributed by atoms with van der Waals surface area (Å²) in [6.07, 6.45) is 3.53. The maximum absolute atomic E-state index is 12.9. The average Bonchev–Trinajstić information content (AvgIpc) is 3.35. The van der Waals surface area contributed by atoms with Crippen LogP contribution >= 0.6 is 0 Å². The molecule has 7 heteroatoms. The molecule has 1 fully saturated rings. The highest BCUT2D eigenvalue weighted by Gasteiger charge is 2.17. The van der Waals surface area contributed by atoms with Crippen LogP contribution in [-0.2, 0) is 6.54 Å². The lowest BCUT2D eigenvalue weighted by Crippen LogP contribution is -2.43. The largest absolute Gasteiger partial charge is 0.496 e. The van der Waals surface area contributed by atoms with Gasteiger partial charge in [-0.3, -0.25) is 14.8 Å². The quantitative estimate of drug-likeness (QED) is 0.598. The maximum atomic E-state index is 12.9. The van der Waals surface area contributed by atoms with E-state index in [9.17, 15) is 4.79 Å². The van der Waals surface area contributed by atoms with Crippen LogP contribution in [0.4, 0.5) is 0 Å². The summed E-state index contributed by atoms with van der Waals surface area (Å²) >= 11 is 0. The lowest BCUT2D eigenvalue weighted by atomic mass is 10.0. The Morgan fingerprint density at radius 2 is 2.00 bits per heavy atom. The molecule has 2 heterocycles. The first-order chi connectivity index (χ1) is 15.5. The van der Waals surface area contributed by atoms with Crippen molar-refractivity contribution in [3.05, 3.63) is 71.5 Å². The monoisotopic (exact) mass is 433 g/mol. The number of aromatic nitrogens is 2. The zero-order valence-electron chi connectivity index (χ0n) is 19.0. The van der Waals surface area contributed by atoms with Gasteiger partial charge in [0.25, 0.3) is 5.91 Å². The molecule has 7 nitrogen and oxygen atoms in total. The Morgan fingerprint density at radius 3 is 2.72 bits per heavy atom. The van der Waals surface area contributed by atoms with Gasteiger partial charge >= 0.3 is 0 Å². The number of likely N-dealkylation sites (N-methyl/N-ethyl adjacent to an activating group) is 1. The summed E-state index contributed by atoms with van der Waals surface area (Å²) in [5.41, 5.74) is 4.75. The van der Waals surface area contributed by atoms with Crippen LogP contribution in [0.15, 0.2) is 54.9 Å². The minimum absolute atomic E-state index is 0.102. The number of benzene rings is 2. The summed E-state index contributed by atoms with van der Waals surface area (Å²) in [6.45, 7) is 7.34. The zero-order valence-corrected chi connectivity index (χ0v) is 19.0. The Labute approximate surface area is 189 Å². The van der Waals surface area contributed by atoms with E-state index in [1.165, 1.54) is 5.56 Å². The zero-order chi connectivity index (χ0) is 22.5. The topological polar surface area (TPSA) is 73.5 Å². The van der Waals surface area contributed by atoms with Crippen molar-refractivity contribution in [1.82, 2.24) is 25.3 Å². The summed E-state index contributed by atoms with van der Waals surface area (Å²) in [6, 6.07) is 13.9. The van der Waals surface area contributed by atoms with Gasteiger partial charge in [-0.05, 0) is 43.3 Å². The van der Waals surface area contributed by atoms with Crippen molar-refractivity contribution in [2.24, 2.45) is 0 Å². The number of piperazine rings is 1. The Balaban J connectivity index is 1.42. The van der Waals surface area contributed by atoms with Crippen LogP contribution in [-0.4, -0.2) is 66.2 Å². The predicted molar refractivity (Wildman–Crippen MR) is 126 cm³/mol. The minimum atomic E-state index is -0.126. The molecular formula is C25H31N5O2. The van der Waals surface area contributed by atoms with E-state index in [1.54, 1.807) is 25.6 Å². The molecule has 0 spiro atoms. The molecule has 1 aliphatic heterocycles. The molecule has 3 aromatic rings. The molecule has 1 atom stereocenters. The Bertz CT molecular complexity index is 1040. The molecule has 4 rings (SSSR count). The number of H-pyrrole nitrogens is 1. The number of ether oxygens (including phenoxy) is 1. The number of nitrogens with zero attached hydrogens (tertiary/aromatic N) is 3. The van der Waals surface area contributed by atoms with Crippen LogP contribution in [0.5, 0.6) is 5.75 Å². The van der Waals surface area contributed by atoms with Crippen molar-refractivity contribution in [3.8, 4) is 16.9 Å². The van der Waals surface area contributed by atoms with Gasteiger partial charge in [0.1, 0.15) is 5.75 Å². The molecule has 0 radical (unpaired) electrons. The van der Waals surface area contributed by atoms with E-state index in [-0.39, 0.29) is 11.9 Å². The highest BCUT2D eigenvalue weighted by Crippen LogP contribution is 2.30. The molecule has 1 saturated heterocycles. The lowest BCUT2D eigenvalue weighted by Gasteiger charge is -2.32. The van der Waals surface area contributed by atoms with E-state index in [0.29, 0.717) is 11.3 Å². The third-order valence-electron chi connectivity index (χ3n) is 6.07. The highest BCUT2D eigenvalue weighted by atomic mass is 16.5. The first kappa shape index (κ1) is 22.0. The second-order valence-electron chi connectivity index (χ2n) is 8.42. The first-order valence-corrected chi connectivity index (χ1v) is 11.0. The second kappa shape index (κ2) is 9.97. The summed E-state index contributed by atoms with van der Waals surface area (Å²) in [5, 5.41) is 9.91. The van der Waals surface area contributed by atoms with E-state index in [0.717, 1.165) is 49.4 Å². The third-order valence-corrected chi connectivity index (χ3v) is 6.07. The van der Waals surface area contributed by atoms with Gasteiger partial charge in [0, 0.05) is 55.6 Å². The molecule has 32 heavy (non-hydrogen) atoms. The van der Waals surface area contributed by atoms with Crippen molar-refractivity contribution in [2.45, 2.75) is 19.5 Å². The third kappa shape index (κ3) is 5.18. The van der Waals surface area contributed by atoms with E-state index in [2.05, 4.69) is 56.6 Å². The van der Waals surface area contributed by atoms with Crippen LogP contribution in [0.1, 0.15) is 34.5 Å². The standard InChI is InChI=1S/C25H31N5O2/c1-18(20-6-4-5-19(13-20)17-30-11-9-29(2)10-12-30)28-25(31)21-7-8-23(24(14-21)32-3)22-15-26-27-16-22/h4-8,13-16,18H,9-12,17H2,1-3H3,(H,26,27)(H,28,31). The van der Waals surface area contributed by atoms with Crippen LogP contribution in [0.2, 0.25) is 0 Å². The number of rotatable bonds is 7. The number of hydrogen-bond donors (Lipinski definition) is 2.